The molecule has 3 rings (SSSR count). The standard InChI is InChI=1S/C19H20N4O3/c1-2-26-18(24)13-23-16-8-4-3-7-15(16)22-17(23)9-11-21-19(25)14-6-5-10-20-12-14/h3-8,10,12H,2,9,11,13H2,1H3,(H,21,25). The Kier molecular flexibility index (Phi) is 5.58. The van der Waals surface area contributed by atoms with Crippen LogP contribution in [0.25, 0.3) is 11.0 Å². The van der Waals surface area contributed by atoms with Gasteiger partial charge >= 0.3 is 5.97 Å². The number of nitrogens with zero attached hydrogens (tertiary/aromatic N) is 3. The number of pyridine rings is 1. The molecule has 7 heteroatoms. The molecule has 2 aromatic heterocycles. The van der Waals surface area contributed by atoms with Crippen LogP contribution in [-0.2, 0) is 22.5 Å². The van der Waals surface area contributed by atoms with Crippen molar-refractivity contribution >= 4 is 22.9 Å². The number of esters is 1. The van der Waals surface area contributed by atoms with Crippen LogP contribution < -0.4 is 5.32 Å². The van der Waals surface area contributed by atoms with E-state index in [0.717, 1.165) is 16.9 Å². The fraction of sp³-hybridized carbons (Fsp3) is 0.263. The van der Waals surface area contributed by atoms with Gasteiger partial charge in [-0.25, -0.2) is 4.98 Å². The van der Waals surface area contributed by atoms with Crippen molar-refractivity contribution in [3.8, 4) is 0 Å². The van der Waals surface area contributed by atoms with Gasteiger partial charge in [0.25, 0.3) is 5.91 Å². The van der Waals surface area contributed by atoms with E-state index >= 15 is 0 Å². The molecule has 0 atom stereocenters. The fourth-order valence-electron chi connectivity index (χ4n) is 2.72. The molecule has 3 aromatic rings. The fourth-order valence-corrected chi connectivity index (χ4v) is 2.72. The molecule has 0 bridgehead atoms. The molecular weight excluding hydrogens is 332 g/mol. The van der Waals surface area contributed by atoms with Gasteiger partial charge in [-0.2, -0.15) is 0 Å². The van der Waals surface area contributed by atoms with Gasteiger partial charge in [-0.05, 0) is 31.2 Å². The lowest BCUT2D eigenvalue weighted by molar-refractivity contribution is -0.143. The van der Waals surface area contributed by atoms with Gasteiger partial charge in [0.05, 0.1) is 23.2 Å². The van der Waals surface area contributed by atoms with Crippen LogP contribution in [0, 0.1) is 0 Å². The molecule has 0 aliphatic heterocycles. The highest BCUT2D eigenvalue weighted by Gasteiger charge is 2.14. The number of nitrogens with one attached hydrogen (secondary N) is 1. The Morgan fingerprint density at radius 1 is 1.19 bits per heavy atom. The van der Waals surface area contributed by atoms with Gasteiger partial charge in [0.15, 0.2) is 0 Å². The van der Waals surface area contributed by atoms with Crippen molar-refractivity contribution < 1.29 is 14.3 Å². The molecule has 0 unspecified atom stereocenters. The van der Waals surface area contributed by atoms with Crippen LogP contribution in [0.4, 0.5) is 0 Å². The number of hydrogen-bond donors (Lipinski definition) is 1. The number of benzene rings is 1. The lowest BCUT2D eigenvalue weighted by atomic mass is 10.2. The topological polar surface area (TPSA) is 86.1 Å². The number of rotatable bonds is 7. The number of ether oxygens (including phenoxy) is 1. The first kappa shape index (κ1) is 17.6. The van der Waals surface area contributed by atoms with Gasteiger partial charge in [0.1, 0.15) is 12.4 Å². The Hall–Kier alpha value is -3.22. The molecule has 0 saturated carbocycles. The van der Waals surface area contributed by atoms with Gasteiger partial charge < -0.3 is 14.6 Å². The molecule has 134 valence electrons. The molecule has 0 aliphatic carbocycles. The maximum atomic E-state index is 12.1. The highest BCUT2D eigenvalue weighted by Crippen LogP contribution is 2.16. The molecule has 26 heavy (non-hydrogen) atoms. The Morgan fingerprint density at radius 2 is 2.04 bits per heavy atom. The third-order valence-electron chi connectivity index (χ3n) is 3.88. The molecular formula is C19H20N4O3. The average Bonchev–Trinajstić information content (AvgIpc) is 3.00. The SMILES string of the molecule is CCOC(=O)Cn1c(CCNC(=O)c2cccnc2)nc2ccccc21. The number of fused-ring (bicyclic) bond motifs is 1. The predicted molar refractivity (Wildman–Crippen MR) is 96.6 cm³/mol. The van der Waals surface area contributed by atoms with Crippen molar-refractivity contribution in [3.05, 3.63) is 60.2 Å². The number of carbonyl (C=O) groups excluding carboxylic acids is 2. The second-order valence-corrected chi connectivity index (χ2v) is 5.66. The number of para-hydroxylation sites is 2. The van der Waals surface area contributed by atoms with Crippen molar-refractivity contribution in [1.29, 1.82) is 0 Å². The van der Waals surface area contributed by atoms with E-state index in [-0.39, 0.29) is 18.4 Å². The number of hydrogen-bond acceptors (Lipinski definition) is 5. The third kappa shape index (κ3) is 4.05. The van der Waals surface area contributed by atoms with E-state index in [2.05, 4.69) is 15.3 Å². The van der Waals surface area contributed by atoms with E-state index in [4.69, 9.17) is 4.74 Å². The first-order valence-electron chi connectivity index (χ1n) is 8.47. The minimum Gasteiger partial charge on any atom is -0.465 e. The summed E-state index contributed by atoms with van der Waals surface area (Å²) in [5.41, 5.74) is 2.19. The number of carbonyl (C=O) groups is 2. The highest BCUT2D eigenvalue weighted by molar-refractivity contribution is 5.93. The minimum absolute atomic E-state index is 0.0975. The molecule has 1 N–H and O–H groups in total. The predicted octanol–water partition coefficient (Wildman–Crippen LogP) is 1.97. The van der Waals surface area contributed by atoms with Crippen molar-refractivity contribution in [1.82, 2.24) is 19.9 Å². The summed E-state index contributed by atoms with van der Waals surface area (Å²) in [6.07, 6.45) is 3.64. The molecule has 0 saturated heterocycles. The molecule has 0 aliphatic rings. The lowest BCUT2D eigenvalue weighted by Crippen LogP contribution is -2.27. The first-order valence-corrected chi connectivity index (χ1v) is 8.47. The summed E-state index contributed by atoms with van der Waals surface area (Å²) in [6, 6.07) is 11.0. The van der Waals surface area contributed by atoms with Crippen LogP contribution >= 0.6 is 0 Å². The summed E-state index contributed by atoms with van der Waals surface area (Å²) in [5, 5.41) is 2.85. The number of imidazole rings is 1. The largest absolute Gasteiger partial charge is 0.465 e. The van der Waals surface area contributed by atoms with Crippen molar-refractivity contribution in [3.63, 3.8) is 0 Å². The maximum absolute atomic E-state index is 12.1. The van der Waals surface area contributed by atoms with Gasteiger partial charge in [-0.15, -0.1) is 0 Å². The third-order valence-corrected chi connectivity index (χ3v) is 3.88. The van der Waals surface area contributed by atoms with E-state index < -0.39 is 0 Å². The molecule has 7 nitrogen and oxygen atoms in total. The summed E-state index contributed by atoms with van der Waals surface area (Å²) >= 11 is 0. The summed E-state index contributed by atoms with van der Waals surface area (Å²) < 4.78 is 6.89. The number of aromatic nitrogens is 3. The van der Waals surface area contributed by atoms with E-state index in [1.54, 1.807) is 25.3 Å². The molecule has 0 spiro atoms. The molecule has 0 radical (unpaired) electrons. The summed E-state index contributed by atoms with van der Waals surface area (Å²) in [6.45, 7) is 2.61. The Labute approximate surface area is 151 Å². The van der Waals surface area contributed by atoms with E-state index in [0.29, 0.717) is 25.1 Å². The quantitative estimate of drug-likeness (QED) is 0.657. The van der Waals surface area contributed by atoms with Gasteiger partial charge in [-0.1, -0.05) is 12.1 Å². The van der Waals surface area contributed by atoms with Crippen LogP contribution in [0.2, 0.25) is 0 Å². The lowest BCUT2D eigenvalue weighted by Gasteiger charge is -2.09. The number of amides is 1. The van der Waals surface area contributed by atoms with Crippen LogP contribution in [0.5, 0.6) is 0 Å². The highest BCUT2D eigenvalue weighted by atomic mass is 16.5. The van der Waals surface area contributed by atoms with Crippen LogP contribution in [0.15, 0.2) is 48.8 Å². The van der Waals surface area contributed by atoms with Crippen LogP contribution in [0.1, 0.15) is 23.1 Å². The Balaban J connectivity index is 1.72. The second kappa shape index (κ2) is 8.24. The van der Waals surface area contributed by atoms with E-state index in [1.165, 1.54) is 6.20 Å². The first-order chi connectivity index (χ1) is 12.7. The molecule has 0 fully saturated rings. The Morgan fingerprint density at radius 3 is 2.81 bits per heavy atom. The maximum Gasteiger partial charge on any atom is 0.326 e. The monoisotopic (exact) mass is 352 g/mol. The summed E-state index contributed by atoms with van der Waals surface area (Å²) in [5.74, 6) is 0.230. The van der Waals surface area contributed by atoms with Gasteiger partial charge in [0.2, 0.25) is 0 Å². The zero-order chi connectivity index (χ0) is 18.4. The van der Waals surface area contributed by atoms with Gasteiger partial charge in [0, 0.05) is 25.4 Å². The van der Waals surface area contributed by atoms with Crippen LogP contribution in [0.3, 0.4) is 0 Å². The Bertz CT molecular complexity index is 906. The van der Waals surface area contributed by atoms with Crippen molar-refractivity contribution in [2.75, 3.05) is 13.2 Å². The molecule has 2 heterocycles. The smallest absolute Gasteiger partial charge is 0.326 e. The normalized spacial score (nSPS) is 10.7. The molecule has 1 aromatic carbocycles. The second-order valence-electron chi connectivity index (χ2n) is 5.66. The van der Waals surface area contributed by atoms with Crippen molar-refractivity contribution in [2.24, 2.45) is 0 Å². The van der Waals surface area contributed by atoms with Crippen molar-refractivity contribution in [2.45, 2.75) is 19.9 Å². The average molecular weight is 352 g/mol. The minimum atomic E-state index is -0.309. The summed E-state index contributed by atoms with van der Waals surface area (Å²) in [7, 11) is 0. The van der Waals surface area contributed by atoms with Gasteiger partial charge in [-0.3, -0.25) is 14.6 Å². The zero-order valence-electron chi connectivity index (χ0n) is 14.5. The molecule has 1 amide bonds. The van der Waals surface area contributed by atoms with E-state index in [9.17, 15) is 9.59 Å². The zero-order valence-corrected chi connectivity index (χ0v) is 14.5. The summed E-state index contributed by atoms with van der Waals surface area (Å²) in [4.78, 5) is 32.6. The van der Waals surface area contributed by atoms with E-state index in [1.807, 2.05) is 28.8 Å². The van der Waals surface area contributed by atoms with Crippen LogP contribution in [-0.4, -0.2) is 39.6 Å².